The Labute approximate surface area is 115 Å². The SMILES string of the molecule is COc1cc(C)c(C)cc1N(C)CC1COCCN1. The Hall–Kier alpha value is -1.26. The number of benzene rings is 1. The van der Waals surface area contributed by atoms with E-state index < -0.39 is 0 Å². The van der Waals surface area contributed by atoms with Gasteiger partial charge in [-0.1, -0.05) is 0 Å². The van der Waals surface area contributed by atoms with Gasteiger partial charge in [-0.2, -0.15) is 0 Å². The molecule has 1 N–H and O–H groups in total. The largest absolute Gasteiger partial charge is 0.495 e. The normalized spacial score (nSPS) is 19.3. The van der Waals surface area contributed by atoms with E-state index in [1.165, 1.54) is 11.1 Å². The average Bonchev–Trinajstić information content (AvgIpc) is 2.42. The van der Waals surface area contributed by atoms with Crippen molar-refractivity contribution < 1.29 is 9.47 Å². The molecule has 4 heteroatoms. The predicted molar refractivity (Wildman–Crippen MR) is 78.3 cm³/mol. The van der Waals surface area contributed by atoms with Crippen molar-refractivity contribution in [2.24, 2.45) is 0 Å². The highest BCUT2D eigenvalue weighted by atomic mass is 16.5. The van der Waals surface area contributed by atoms with E-state index in [0.717, 1.165) is 37.7 Å². The summed E-state index contributed by atoms with van der Waals surface area (Å²) in [7, 11) is 3.83. The molecule has 1 unspecified atom stereocenters. The van der Waals surface area contributed by atoms with Crippen LogP contribution in [-0.4, -0.2) is 46.5 Å². The third-order valence-electron chi connectivity index (χ3n) is 3.70. The summed E-state index contributed by atoms with van der Waals surface area (Å²) in [5.74, 6) is 0.933. The van der Waals surface area contributed by atoms with Gasteiger partial charge < -0.3 is 19.7 Å². The lowest BCUT2D eigenvalue weighted by atomic mass is 10.1. The highest BCUT2D eigenvalue weighted by Crippen LogP contribution is 2.30. The van der Waals surface area contributed by atoms with Crippen LogP contribution < -0.4 is 15.0 Å². The number of likely N-dealkylation sites (N-methyl/N-ethyl adjacent to an activating group) is 1. The molecular weight excluding hydrogens is 240 g/mol. The first-order valence-electron chi connectivity index (χ1n) is 6.79. The van der Waals surface area contributed by atoms with Gasteiger partial charge >= 0.3 is 0 Å². The molecule has 4 nitrogen and oxygen atoms in total. The molecule has 0 aromatic heterocycles. The smallest absolute Gasteiger partial charge is 0.142 e. The summed E-state index contributed by atoms with van der Waals surface area (Å²) in [4.78, 5) is 2.23. The number of methoxy groups -OCH3 is 1. The van der Waals surface area contributed by atoms with Gasteiger partial charge in [0, 0.05) is 26.2 Å². The molecule has 1 aliphatic heterocycles. The van der Waals surface area contributed by atoms with Gasteiger partial charge in [0.1, 0.15) is 5.75 Å². The third kappa shape index (κ3) is 3.39. The first kappa shape index (κ1) is 14.2. The molecule has 1 fully saturated rings. The first-order valence-corrected chi connectivity index (χ1v) is 6.79. The van der Waals surface area contributed by atoms with E-state index in [-0.39, 0.29) is 0 Å². The fraction of sp³-hybridized carbons (Fsp3) is 0.600. The molecule has 0 radical (unpaired) electrons. The van der Waals surface area contributed by atoms with Crippen LogP contribution >= 0.6 is 0 Å². The molecule has 1 saturated heterocycles. The number of rotatable bonds is 4. The number of ether oxygens (including phenoxy) is 2. The number of morpholine rings is 1. The Morgan fingerprint density at radius 3 is 2.74 bits per heavy atom. The molecular formula is C15H24N2O2. The Kier molecular flexibility index (Phi) is 4.66. The predicted octanol–water partition coefficient (Wildman–Crippen LogP) is 1.74. The van der Waals surface area contributed by atoms with Crippen molar-refractivity contribution in [1.82, 2.24) is 5.32 Å². The number of nitrogens with zero attached hydrogens (tertiary/aromatic N) is 1. The summed E-state index contributed by atoms with van der Waals surface area (Å²) in [6, 6.07) is 4.68. The summed E-state index contributed by atoms with van der Waals surface area (Å²) in [5, 5.41) is 3.48. The van der Waals surface area contributed by atoms with Crippen LogP contribution in [0.25, 0.3) is 0 Å². The first-order chi connectivity index (χ1) is 9.11. The minimum absolute atomic E-state index is 0.380. The zero-order valence-electron chi connectivity index (χ0n) is 12.3. The number of aryl methyl sites for hydroxylation is 2. The van der Waals surface area contributed by atoms with Crippen molar-refractivity contribution in [3.63, 3.8) is 0 Å². The van der Waals surface area contributed by atoms with Crippen LogP contribution in [0.2, 0.25) is 0 Å². The van der Waals surface area contributed by atoms with Gasteiger partial charge in [-0.25, -0.2) is 0 Å². The van der Waals surface area contributed by atoms with Gasteiger partial charge in [0.15, 0.2) is 0 Å². The van der Waals surface area contributed by atoms with Crippen LogP contribution in [0.5, 0.6) is 5.75 Å². The van der Waals surface area contributed by atoms with E-state index in [9.17, 15) is 0 Å². The van der Waals surface area contributed by atoms with Crippen LogP contribution in [0.1, 0.15) is 11.1 Å². The molecule has 0 amide bonds. The van der Waals surface area contributed by atoms with E-state index in [1.807, 2.05) is 0 Å². The Morgan fingerprint density at radius 2 is 2.11 bits per heavy atom. The van der Waals surface area contributed by atoms with Gasteiger partial charge in [-0.15, -0.1) is 0 Å². The van der Waals surface area contributed by atoms with Gasteiger partial charge in [0.2, 0.25) is 0 Å². The van der Waals surface area contributed by atoms with E-state index in [0.29, 0.717) is 6.04 Å². The molecule has 1 heterocycles. The van der Waals surface area contributed by atoms with Gasteiger partial charge in [0.25, 0.3) is 0 Å². The zero-order valence-corrected chi connectivity index (χ0v) is 12.3. The fourth-order valence-electron chi connectivity index (χ4n) is 2.40. The Bertz CT molecular complexity index is 428. The monoisotopic (exact) mass is 264 g/mol. The van der Waals surface area contributed by atoms with Crippen LogP contribution in [0.15, 0.2) is 12.1 Å². The molecule has 2 rings (SSSR count). The molecule has 1 aromatic carbocycles. The van der Waals surface area contributed by atoms with Gasteiger partial charge in [-0.05, 0) is 37.1 Å². The van der Waals surface area contributed by atoms with Crippen molar-refractivity contribution >= 4 is 5.69 Å². The number of anilines is 1. The number of hydrogen-bond donors (Lipinski definition) is 1. The maximum absolute atomic E-state index is 5.50. The van der Waals surface area contributed by atoms with E-state index in [1.54, 1.807) is 7.11 Å². The molecule has 1 aromatic rings. The van der Waals surface area contributed by atoms with Crippen molar-refractivity contribution in [2.45, 2.75) is 19.9 Å². The molecule has 0 spiro atoms. The third-order valence-corrected chi connectivity index (χ3v) is 3.70. The van der Waals surface area contributed by atoms with Crippen LogP contribution in [0, 0.1) is 13.8 Å². The number of nitrogens with one attached hydrogen (secondary N) is 1. The summed E-state index contributed by atoms with van der Waals surface area (Å²) in [5.41, 5.74) is 3.68. The summed E-state index contributed by atoms with van der Waals surface area (Å²) >= 11 is 0. The average molecular weight is 264 g/mol. The topological polar surface area (TPSA) is 33.7 Å². The molecule has 19 heavy (non-hydrogen) atoms. The standard InChI is InChI=1S/C15H24N2O2/c1-11-7-14(15(18-4)8-12(11)2)17(3)9-13-10-19-6-5-16-13/h7-8,13,16H,5-6,9-10H2,1-4H3. The lowest BCUT2D eigenvalue weighted by Crippen LogP contribution is -2.47. The minimum atomic E-state index is 0.380. The molecule has 106 valence electrons. The van der Waals surface area contributed by atoms with Crippen molar-refractivity contribution in [2.75, 3.05) is 45.4 Å². The maximum Gasteiger partial charge on any atom is 0.142 e. The quantitative estimate of drug-likeness (QED) is 0.898. The van der Waals surface area contributed by atoms with Crippen LogP contribution in [-0.2, 0) is 4.74 Å². The molecule has 0 bridgehead atoms. The van der Waals surface area contributed by atoms with E-state index >= 15 is 0 Å². The summed E-state index contributed by atoms with van der Waals surface area (Å²) in [6.07, 6.45) is 0. The number of hydrogen-bond acceptors (Lipinski definition) is 4. The van der Waals surface area contributed by atoms with Gasteiger partial charge in [0.05, 0.1) is 26.0 Å². The molecule has 1 aliphatic rings. The van der Waals surface area contributed by atoms with Gasteiger partial charge in [-0.3, -0.25) is 0 Å². The molecule has 1 atom stereocenters. The Morgan fingerprint density at radius 1 is 1.37 bits per heavy atom. The van der Waals surface area contributed by atoms with Crippen molar-refractivity contribution in [3.8, 4) is 5.75 Å². The van der Waals surface area contributed by atoms with Crippen molar-refractivity contribution in [1.29, 1.82) is 0 Å². The second-order valence-corrected chi connectivity index (χ2v) is 5.21. The zero-order chi connectivity index (χ0) is 13.8. The highest BCUT2D eigenvalue weighted by Gasteiger charge is 2.17. The van der Waals surface area contributed by atoms with Crippen molar-refractivity contribution in [3.05, 3.63) is 23.3 Å². The second kappa shape index (κ2) is 6.26. The maximum atomic E-state index is 5.50. The molecule has 0 saturated carbocycles. The fourth-order valence-corrected chi connectivity index (χ4v) is 2.40. The second-order valence-electron chi connectivity index (χ2n) is 5.21. The Balaban J connectivity index is 2.13. The lowest BCUT2D eigenvalue weighted by Gasteiger charge is -2.30. The summed E-state index contributed by atoms with van der Waals surface area (Å²) in [6.45, 7) is 7.68. The minimum Gasteiger partial charge on any atom is -0.495 e. The molecule has 0 aliphatic carbocycles. The van der Waals surface area contributed by atoms with E-state index in [4.69, 9.17) is 9.47 Å². The lowest BCUT2D eigenvalue weighted by molar-refractivity contribution is 0.0791. The summed E-state index contributed by atoms with van der Waals surface area (Å²) < 4.78 is 11.0. The van der Waals surface area contributed by atoms with E-state index in [2.05, 4.69) is 43.2 Å². The van der Waals surface area contributed by atoms with Crippen LogP contribution in [0.3, 0.4) is 0 Å². The van der Waals surface area contributed by atoms with Crippen LogP contribution in [0.4, 0.5) is 5.69 Å². The highest BCUT2D eigenvalue weighted by molar-refractivity contribution is 5.61.